The van der Waals surface area contributed by atoms with E-state index in [0.29, 0.717) is 5.92 Å². The van der Waals surface area contributed by atoms with Crippen molar-refractivity contribution in [1.82, 2.24) is 5.32 Å². The van der Waals surface area contributed by atoms with Gasteiger partial charge in [-0.25, -0.2) is 13.6 Å². The summed E-state index contributed by atoms with van der Waals surface area (Å²) < 4.78 is 23.4. The Morgan fingerprint density at radius 1 is 1.21 bits per heavy atom. The van der Waals surface area contributed by atoms with Crippen molar-refractivity contribution in [2.24, 2.45) is 11.1 Å². The van der Waals surface area contributed by atoms with Crippen molar-refractivity contribution in [3.05, 3.63) is 29.8 Å². The van der Waals surface area contributed by atoms with Crippen LogP contribution in [0.5, 0.6) is 0 Å². The van der Waals surface area contributed by atoms with Gasteiger partial charge in [-0.15, -0.1) is 0 Å². The Labute approximate surface area is 116 Å². The van der Waals surface area contributed by atoms with Gasteiger partial charge in [-0.3, -0.25) is 0 Å². The van der Waals surface area contributed by atoms with E-state index in [4.69, 9.17) is 5.14 Å². The zero-order chi connectivity index (χ0) is 14.6. The maximum atomic E-state index is 11.7. The van der Waals surface area contributed by atoms with Crippen molar-refractivity contribution in [2.75, 3.05) is 6.54 Å². The van der Waals surface area contributed by atoms with Crippen LogP contribution < -0.4 is 10.5 Å². The number of likely N-dealkylation sites (N-methyl/N-ethyl adjacent to an activating group) is 1. The van der Waals surface area contributed by atoms with E-state index in [1.54, 1.807) is 12.1 Å². The van der Waals surface area contributed by atoms with Gasteiger partial charge >= 0.3 is 0 Å². The maximum absolute atomic E-state index is 11.7. The maximum Gasteiger partial charge on any atom is 0.238 e. The molecule has 0 spiro atoms. The smallest absolute Gasteiger partial charge is 0.238 e. The van der Waals surface area contributed by atoms with E-state index in [-0.39, 0.29) is 16.9 Å². The molecule has 0 aromatic heterocycles. The highest BCUT2D eigenvalue weighted by molar-refractivity contribution is 7.89. The SMILES string of the molecule is CCNC(C)C(c1ccccc1S(N)(=O)=O)C(C)C. The van der Waals surface area contributed by atoms with Gasteiger partial charge in [0.1, 0.15) is 0 Å². The minimum Gasteiger partial charge on any atom is -0.314 e. The van der Waals surface area contributed by atoms with Gasteiger partial charge in [0, 0.05) is 12.0 Å². The average molecular weight is 284 g/mol. The molecule has 0 bridgehead atoms. The molecule has 0 aliphatic rings. The normalized spacial score (nSPS) is 15.5. The van der Waals surface area contributed by atoms with Gasteiger partial charge < -0.3 is 5.32 Å². The second-order valence-corrected chi connectivity index (χ2v) is 6.73. The minimum atomic E-state index is -3.69. The number of primary sulfonamides is 1. The van der Waals surface area contributed by atoms with Crippen LogP contribution in [0, 0.1) is 5.92 Å². The minimum absolute atomic E-state index is 0.106. The van der Waals surface area contributed by atoms with E-state index in [1.807, 2.05) is 19.1 Å². The van der Waals surface area contributed by atoms with Crippen LogP contribution in [0.2, 0.25) is 0 Å². The lowest BCUT2D eigenvalue weighted by Crippen LogP contribution is -2.35. The van der Waals surface area contributed by atoms with Gasteiger partial charge in [-0.1, -0.05) is 39.0 Å². The third kappa shape index (κ3) is 4.03. The molecule has 0 radical (unpaired) electrons. The van der Waals surface area contributed by atoms with Crippen LogP contribution in [0.1, 0.15) is 39.2 Å². The highest BCUT2D eigenvalue weighted by atomic mass is 32.2. The lowest BCUT2D eigenvalue weighted by molar-refractivity contribution is 0.378. The van der Waals surface area contributed by atoms with Crippen molar-refractivity contribution in [3.8, 4) is 0 Å². The first kappa shape index (κ1) is 16.1. The summed E-state index contributed by atoms with van der Waals surface area (Å²) in [7, 11) is -3.69. The molecule has 0 amide bonds. The number of nitrogens with two attached hydrogens (primary N) is 1. The Balaban J connectivity index is 3.32. The Kier molecular flexibility index (Phi) is 5.52. The fourth-order valence-electron chi connectivity index (χ4n) is 2.67. The second kappa shape index (κ2) is 6.50. The predicted octanol–water partition coefficient (Wildman–Crippen LogP) is 2.07. The molecule has 108 valence electrons. The fraction of sp³-hybridized carbons (Fsp3) is 0.571. The van der Waals surface area contributed by atoms with Gasteiger partial charge in [-0.2, -0.15) is 0 Å². The van der Waals surface area contributed by atoms with Gasteiger partial charge in [0.25, 0.3) is 0 Å². The first-order valence-electron chi connectivity index (χ1n) is 6.64. The highest BCUT2D eigenvalue weighted by Gasteiger charge is 2.27. The lowest BCUT2D eigenvalue weighted by Gasteiger charge is -2.29. The van der Waals surface area contributed by atoms with E-state index in [9.17, 15) is 8.42 Å². The predicted molar refractivity (Wildman–Crippen MR) is 78.5 cm³/mol. The first-order chi connectivity index (χ1) is 8.79. The summed E-state index contributed by atoms with van der Waals surface area (Å²) in [5.74, 6) is 0.423. The van der Waals surface area contributed by atoms with Crippen LogP contribution in [-0.4, -0.2) is 21.0 Å². The summed E-state index contributed by atoms with van der Waals surface area (Å²) in [5.41, 5.74) is 0.799. The molecule has 1 rings (SSSR count). The van der Waals surface area contributed by atoms with Crippen LogP contribution in [0.15, 0.2) is 29.2 Å². The third-order valence-corrected chi connectivity index (χ3v) is 4.35. The molecule has 1 aromatic carbocycles. The van der Waals surface area contributed by atoms with Crippen LogP contribution in [0.4, 0.5) is 0 Å². The number of rotatable bonds is 6. The number of sulfonamides is 1. The van der Waals surface area contributed by atoms with Crippen molar-refractivity contribution in [2.45, 2.75) is 44.6 Å². The third-order valence-electron chi connectivity index (χ3n) is 3.37. The highest BCUT2D eigenvalue weighted by Crippen LogP contribution is 2.32. The van der Waals surface area contributed by atoms with E-state index in [0.717, 1.165) is 12.1 Å². The topological polar surface area (TPSA) is 72.2 Å². The Morgan fingerprint density at radius 2 is 1.79 bits per heavy atom. The second-order valence-electron chi connectivity index (χ2n) is 5.20. The summed E-state index contributed by atoms with van der Waals surface area (Å²) in [6.07, 6.45) is 0. The van der Waals surface area contributed by atoms with E-state index in [2.05, 4.69) is 26.1 Å². The van der Waals surface area contributed by atoms with Crippen molar-refractivity contribution < 1.29 is 8.42 Å². The molecule has 0 saturated heterocycles. The molecule has 0 saturated carbocycles. The Hall–Kier alpha value is -0.910. The molecule has 4 nitrogen and oxygen atoms in total. The van der Waals surface area contributed by atoms with Crippen molar-refractivity contribution >= 4 is 10.0 Å². The van der Waals surface area contributed by atoms with Gasteiger partial charge in [0.05, 0.1) is 4.90 Å². The molecule has 0 heterocycles. The van der Waals surface area contributed by atoms with Crippen LogP contribution in [0.3, 0.4) is 0 Å². The molecule has 1 aromatic rings. The van der Waals surface area contributed by atoms with E-state index in [1.165, 1.54) is 0 Å². The lowest BCUT2D eigenvalue weighted by atomic mass is 9.83. The number of benzene rings is 1. The summed E-state index contributed by atoms with van der Waals surface area (Å²) >= 11 is 0. The van der Waals surface area contributed by atoms with Gasteiger partial charge in [-0.05, 0) is 31.0 Å². The van der Waals surface area contributed by atoms with E-state index >= 15 is 0 Å². The molecule has 2 unspecified atom stereocenters. The van der Waals surface area contributed by atoms with Crippen LogP contribution in [-0.2, 0) is 10.0 Å². The molecule has 0 fully saturated rings. The Bertz CT molecular complexity index is 512. The zero-order valence-electron chi connectivity index (χ0n) is 12.1. The van der Waals surface area contributed by atoms with Crippen molar-refractivity contribution in [3.63, 3.8) is 0 Å². The number of nitrogens with one attached hydrogen (secondary N) is 1. The van der Waals surface area contributed by atoms with Crippen molar-refractivity contribution in [1.29, 1.82) is 0 Å². The first-order valence-corrected chi connectivity index (χ1v) is 8.18. The molecule has 3 N–H and O–H groups in total. The monoisotopic (exact) mass is 284 g/mol. The van der Waals surface area contributed by atoms with Crippen LogP contribution >= 0.6 is 0 Å². The molecular weight excluding hydrogens is 260 g/mol. The summed E-state index contributed by atoms with van der Waals surface area (Å²) in [4.78, 5) is 0.235. The molecule has 5 heteroatoms. The Morgan fingerprint density at radius 3 is 2.26 bits per heavy atom. The van der Waals surface area contributed by atoms with Gasteiger partial charge in [0.2, 0.25) is 10.0 Å². The molecule has 0 aliphatic carbocycles. The molecular formula is C14H24N2O2S. The van der Waals surface area contributed by atoms with Gasteiger partial charge in [0.15, 0.2) is 0 Å². The summed E-state index contributed by atoms with van der Waals surface area (Å²) in [5, 5.41) is 8.69. The molecule has 0 aliphatic heterocycles. The fourth-order valence-corrected chi connectivity index (χ4v) is 3.47. The largest absolute Gasteiger partial charge is 0.314 e. The zero-order valence-corrected chi connectivity index (χ0v) is 12.9. The standard InChI is InChI=1S/C14H24N2O2S/c1-5-16-11(4)14(10(2)3)12-8-6-7-9-13(12)19(15,17)18/h6-11,14,16H,5H2,1-4H3,(H2,15,17,18). The summed E-state index contributed by atoms with van der Waals surface area (Å²) in [6.45, 7) is 9.16. The van der Waals surface area contributed by atoms with E-state index < -0.39 is 10.0 Å². The van der Waals surface area contributed by atoms with Crippen LogP contribution in [0.25, 0.3) is 0 Å². The molecule has 19 heavy (non-hydrogen) atoms. The molecule has 2 atom stereocenters. The number of hydrogen-bond donors (Lipinski definition) is 2. The summed E-state index contributed by atoms with van der Waals surface area (Å²) in [6, 6.07) is 7.20. The number of hydrogen-bond acceptors (Lipinski definition) is 3. The average Bonchev–Trinajstić information content (AvgIpc) is 2.28. The quantitative estimate of drug-likeness (QED) is 0.840.